The molecule has 2 aromatic heterocycles. The average molecular weight is 400 g/mol. The fraction of sp³-hybridized carbons (Fsp3) is 0.350. The van der Waals surface area contributed by atoms with Crippen LogP contribution in [0, 0.1) is 5.82 Å². The van der Waals surface area contributed by atoms with Crippen molar-refractivity contribution in [1.29, 1.82) is 0 Å². The Morgan fingerprint density at radius 3 is 3.00 bits per heavy atom. The van der Waals surface area contributed by atoms with E-state index in [1.54, 1.807) is 24.8 Å². The summed E-state index contributed by atoms with van der Waals surface area (Å²) in [5, 5.41) is 4.65. The van der Waals surface area contributed by atoms with Crippen molar-refractivity contribution in [2.45, 2.75) is 30.7 Å². The number of anilines is 1. The van der Waals surface area contributed by atoms with Crippen molar-refractivity contribution in [3.63, 3.8) is 0 Å². The number of esters is 1. The number of fused-ring (bicyclic) bond motifs is 1. The molecular formula is C20H21FN4O2S. The van der Waals surface area contributed by atoms with E-state index in [1.165, 1.54) is 16.8 Å². The maximum atomic E-state index is 13.9. The summed E-state index contributed by atoms with van der Waals surface area (Å²) in [4.78, 5) is 19.6. The van der Waals surface area contributed by atoms with Crippen molar-refractivity contribution in [2.24, 2.45) is 0 Å². The third-order valence-corrected chi connectivity index (χ3v) is 5.74. The quantitative estimate of drug-likeness (QED) is 0.475. The van der Waals surface area contributed by atoms with Gasteiger partial charge in [0.2, 0.25) is 0 Å². The lowest BCUT2D eigenvalue weighted by molar-refractivity contribution is 0.0517. The molecule has 6 nitrogen and oxygen atoms in total. The lowest BCUT2D eigenvalue weighted by atomic mass is 10.0. The van der Waals surface area contributed by atoms with Crippen LogP contribution in [0.15, 0.2) is 41.4 Å². The lowest BCUT2D eigenvalue weighted by Gasteiger charge is -2.27. The van der Waals surface area contributed by atoms with Crippen LogP contribution < -0.4 is 4.90 Å². The molecule has 0 N–H and O–H groups in total. The number of carbonyl (C=O) groups excluding carboxylic acids is 1. The second-order valence-corrected chi connectivity index (χ2v) is 7.41. The second kappa shape index (κ2) is 7.79. The van der Waals surface area contributed by atoms with Gasteiger partial charge in [0.25, 0.3) is 0 Å². The number of thioether (sulfide) groups is 1. The smallest absolute Gasteiger partial charge is 0.358 e. The summed E-state index contributed by atoms with van der Waals surface area (Å²) in [5.41, 5.74) is 1.85. The van der Waals surface area contributed by atoms with Gasteiger partial charge < -0.3 is 9.64 Å². The van der Waals surface area contributed by atoms with E-state index < -0.39 is 5.97 Å². The Morgan fingerprint density at radius 1 is 1.36 bits per heavy atom. The fourth-order valence-electron chi connectivity index (χ4n) is 3.69. The highest BCUT2D eigenvalue weighted by molar-refractivity contribution is 7.98. The number of nitrogens with zero attached hydrogens (tertiary/aromatic N) is 4. The second-order valence-electron chi connectivity index (χ2n) is 6.56. The molecule has 0 unspecified atom stereocenters. The van der Waals surface area contributed by atoms with Crippen LogP contribution in [-0.2, 0) is 4.74 Å². The van der Waals surface area contributed by atoms with Gasteiger partial charge in [0.05, 0.1) is 18.8 Å². The summed E-state index contributed by atoms with van der Waals surface area (Å²) in [7, 11) is 0. The van der Waals surface area contributed by atoms with Gasteiger partial charge in [-0.15, -0.1) is 16.9 Å². The minimum Gasteiger partial charge on any atom is -0.461 e. The van der Waals surface area contributed by atoms with Gasteiger partial charge in [-0.1, -0.05) is 0 Å². The molecule has 0 spiro atoms. The van der Waals surface area contributed by atoms with E-state index in [2.05, 4.69) is 15.0 Å². The molecule has 146 valence electrons. The van der Waals surface area contributed by atoms with Gasteiger partial charge in [0.1, 0.15) is 11.6 Å². The molecule has 1 aliphatic heterocycles. The number of rotatable bonds is 5. The molecule has 1 aromatic carbocycles. The first kappa shape index (κ1) is 18.7. The van der Waals surface area contributed by atoms with Crippen LogP contribution in [0.5, 0.6) is 0 Å². The standard InChI is InChI=1S/C20H21FN4O2S/c1-3-27-20(26)16-12-22-18-8-9-19(23-25(16)18)24-10-4-5-15(24)14-11-13(21)6-7-17(14)28-2/h6-9,11-12,15H,3-5,10H2,1-2H3/t15-/m1/s1. The molecular weight excluding hydrogens is 379 g/mol. The van der Waals surface area contributed by atoms with E-state index >= 15 is 0 Å². The maximum absolute atomic E-state index is 13.9. The normalized spacial score (nSPS) is 16.7. The number of imidazole rings is 1. The van der Waals surface area contributed by atoms with Crippen molar-refractivity contribution >= 4 is 29.2 Å². The van der Waals surface area contributed by atoms with Gasteiger partial charge in [-0.3, -0.25) is 0 Å². The molecule has 28 heavy (non-hydrogen) atoms. The fourth-order valence-corrected chi connectivity index (χ4v) is 4.33. The van der Waals surface area contributed by atoms with Crippen molar-refractivity contribution in [2.75, 3.05) is 24.3 Å². The molecule has 0 radical (unpaired) electrons. The molecule has 8 heteroatoms. The van der Waals surface area contributed by atoms with Crippen molar-refractivity contribution in [3.8, 4) is 0 Å². The van der Waals surface area contributed by atoms with Crippen molar-refractivity contribution < 1.29 is 13.9 Å². The zero-order chi connectivity index (χ0) is 19.7. The average Bonchev–Trinajstić information content (AvgIpc) is 3.34. The number of halogens is 1. The molecule has 1 aliphatic rings. The minimum atomic E-state index is -0.451. The van der Waals surface area contributed by atoms with E-state index in [0.29, 0.717) is 11.3 Å². The molecule has 1 atom stereocenters. The number of benzene rings is 1. The van der Waals surface area contributed by atoms with E-state index in [9.17, 15) is 9.18 Å². The van der Waals surface area contributed by atoms with Gasteiger partial charge in [0.15, 0.2) is 11.3 Å². The summed E-state index contributed by atoms with van der Waals surface area (Å²) in [6, 6.07) is 8.72. The maximum Gasteiger partial charge on any atom is 0.358 e. The van der Waals surface area contributed by atoms with Crippen LogP contribution in [0.2, 0.25) is 0 Å². The highest BCUT2D eigenvalue weighted by Gasteiger charge is 2.30. The molecule has 0 saturated carbocycles. The predicted octanol–water partition coefficient (Wildman–Crippen LogP) is 4.11. The van der Waals surface area contributed by atoms with E-state index in [-0.39, 0.29) is 18.5 Å². The zero-order valence-electron chi connectivity index (χ0n) is 15.8. The first-order chi connectivity index (χ1) is 13.6. The van der Waals surface area contributed by atoms with Gasteiger partial charge in [-0.25, -0.2) is 18.7 Å². The van der Waals surface area contributed by atoms with Crippen LogP contribution >= 0.6 is 11.8 Å². The van der Waals surface area contributed by atoms with Crippen molar-refractivity contribution in [1.82, 2.24) is 14.6 Å². The topological polar surface area (TPSA) is 59.7 Å². The van der Waals surface area contributed by atoms with E-state index in [4.69, 9.17) is 4.74 Å². The van der Waals surface area contributed by atoms with Gasteiger partial charge in [-0.05, 0) is 61.9 Å². The highest BCUT2D eigenvalue weighted by atomic mass is 32.2. The van der Waals surface area contributed by atoms with E-state index in [1.807, 2.05) is 24.5 Å². The monoisotopic (exact) mass is 400 g/mol. The Hall–Kier alpha value is -2.61. The SMILES string of the molecule is CCOC(=O)c1cnc2ccc(N3CCC[C@@H]3c3cc(F)ccc3SC)nn12. The molecule has 1 saturated heterocycles. The summed E-state index contributed by atoms with van der Waals surface area (Å²) in [5.74, 6) is 0.0459. The lowest BCUT2D eigenvalue weighted by Crippen LogP contribution is -2.25. The van der Waals surface area contributed by atoms with Crippen LogP contribution in [-0.4, -0.2) is 40.0 Å². The molecule has 3 heterocycles. The van der Waals surface area contributed by atoms with Gasteiger partial charge in [-0.2, -0.15) is 0 Å². The summed E-state index contributed by atoms with van der Waals surface area (Å²) < 4.78 is 20.6. The predicted molar refractivity (Wildman–Crippen MR) is 106 cm³/mol. The number of aromatic nitrogens is 3. The number of hydrogen-bond acceptors (Lipinski definition) is 6. The van der Waals surface area contributed by atoms with Gasteiger partial charge >= 0.3 is 5.97 Å². The number of ether oxygens (including phenoxy) is 1. The number of carbonyl (C=O) groups is 1. The largest absolute Gasteiger partial charge is 0.461 e. The van der Waals surface area contributed by atoms with Crippen molar-refractivity contribution in [3.05, 3.63) is 53.6 Å². The summed E-state index contributed by atoms with van der Waals surface area (Å²) >= 11 is 1.61. The number of hydrogen-bond donors (Lipinski definition) is 0. The van der Waals surface area contributed by atoms with Crippen LogP contribution in [0.25, 0.3) is 5.65 Å². The Kier molecular flexibility index (Phi) is 5.21. The van der Waals surface area contributed by atoms with E-state index in [0.717, 1.165) is 35.7 Å². The summed E-state index contributed by atoms with van der Waals surface area (Å²) in [6.07, 6.45) is 5.39. The molecule has 0 aliphatic carbocycles. The third-order valence-electron chi connectivity index (χ3n) is 4.93. The Bertz CT molecular complexity index is 1020. The Morgan fingerprint density at radius 2 is 2.21 bits per heavy atom. The molecule has 0 amide bonds. The van der Waals surface area contributed by atoms with Gasteiger partial charge in [0, 0.05) is 11.4 Å². The summed E-state index contributed by atoms with van der Waals surface area (Å²) in [6.45, 7) is 2.87. The molecule has 3 aromatic rings. The first-order valence-electron chi connectivity index (χ1n) is 9.24. The van der Waals surface area contributed by atoms with Crippen LogP contribution in [0.1, 0.15) is 41.9 Å². The minimum absolute atomic E-state index is 0.0395. The molecule has 1 fully saturated rings. The first-order valence-corrected chi connectivity index (χ1v) is 10.5. The van der Waals surface area contributed by atoms with Crippen LogP contribution in [0.3, 0.4) is 0 Å². The third kappa shape index (κ3) is 3.32. The Balaban J connectivity index is 1.74. The molecule has 4 rings (SSSR count). The zero-order valence-corrected chi connectivity index (χ0v) is 16.6. The van der Waals surface area contributed by atoms with Crippen LogP contribution in [0.4, 0.5) is 10.2 Å². The Labute approximate surface area is 166 Å². The molecule has 0 bridgehead atoms. The highest BCUT2D eigenvalue weighted by Crippen LogP contribution is 2.39.